The Morgan fingerprint density at radius 2 is 1.83 bits per heavy atom. The molecule has 6 heteroatoms. The van der Waals surface area contributed by atoms with Gasteiger partial charge in [-0.15, -0.1) is 0 Å². The molecule has 2 nitrogen and oxygen atoms in total. The average Bonchev–Trinajstić information content (AvgIpc) is 2.54. The summed E-state index contributed by atoms with van der Waals surface area (Å²) in [5.74, 6) is 0. The maximum atomic E-state index is 12.8. The van der Waals surface area contributed by atoms with Crippen LogP contribution in [-0.4, -0.2) is 19.6 Å². The van der Waals surface area contributed by atoms with Crippen molar-refractivity contribution in [2.45, 2.75) is 19.1 Å². The van der Waals surface area contributed by atoms with E-state index in [1.807, 2.05) is 25.1 Å². The predicted octanol–water partition coefficient (Wildman–Crippen LogP) is 4.82. The van der Waals surface area contributed by atoms with Gasteiger partial charge in [0.15, 0.2) is 0 Å². The zero-order valence-electron chi connectivity index (χ0n) is 13.2. The predicted molar refractivity (Wildman–Crippen MR) is 90.6 cm³/mol. The number of nitrogens with zero attached hydrogens (tertiary/aromatic N) is 1. The van der Waals surface area contributed by atoms with Crippen molar-refractivity contribution >= 4 is 17.3 Å². The Bertz CT molecular complexity index is 713. The quantitative estimate of drug-likeness (QED) is 0.832. The Labute approximate surface area is 144 Å². The van der Waals surface area contributed by atoms with Gasteiger partial charge in [0.25, 0.3) is 0 Å². The number of nitrogens with one attached hydrogen (secondary N) is 1. The van der Waals surface area contributed by atoms with Gasteiger partial charge in [0.05, 0.1) is 22.3 Å². The fourth-order valence-electron chi connectivity index (χ4n) is 3.03. The maximum Gasteiger partial charge on any atom is 0.416 e. The lowest BCUT2D eigenvalue weighted by atomic mass is 10.0. The van der Waals surface area contributed by atoms with Gasteiger partial charge in [-0.05, 0) is 42.3 Å². The van der Waals surface area contributed by atoms with Crippen LogP contribution in [0.2, 0.25) is 5.02 Å². The summed E-state index contributed by atoms with van der Waals surface area (Å²) >= 11 is 6.39. The first-order chi connectivity index (χ1) is 11.4. The van der Waals surface area contributed by atoms with E-state index in [4.69, 9.17) is 11.6 Å². The van der Waals surface area contributed by atoms with Crippen molar-refractivity contribution in [1.82, 2.24) is 5.32 Å². The van der Waals surface area contributed by atoms with Gasteiger partial charge in [-0.25, -0.2) is 0 Å². The monoisotopic (exact) mass is 354 g/mol. The normalized spacial score (nSPS) is 18.7. The molecule has 128 valence electrons. The van der Waals surface area contributed by atoms with Crippen LogP contribution in [-0.2, 0) is 6.18 Å². The van der Waals surface area contributed by atoms with Gasteiger partial charge in [-0.3, -0.25) is 0 Å². The minimum absolute atomic E-state index is 0.0544. The molecule has 24 heavy (non-hydrogen) atoms. The summed E-state index contributed by atoms with van der Waals surface area (Å²) in [4.78, 5) is 2.15. The molecule has 1 atom stereocenters. The summed E-state index contributed by atoms with van der Waals surface area (Å²) in [6.45, 7) is 4.19. The lowest BCUT2D eigenvalue weighted by molar-refractivity contribution is -0.137. The van der Waals surface area contributed by atoms with Crippen LogP contribution in [0.25, 0.3) is 0 Å². The Balaban J connectivity index is 1.92. The molecule has 2 aromatic rings. The molecule has 2 aromatic carbocycles. The van der Waals surface area contributed by atoms with Crippen LogP contribution in [0.4, 0.5) is 18.9 Å². The first-order valence-corrected chi connectivity index (χ1v) is 8.15. The molecule has 0 aliphatic carbocycles. The number of benzene rings is 2. The summed E-state index contributed by atoms with van der Waals surface area (Å²) in [5.41, 5.74) is 2.19. The lowest BCUT2D eigenvalue weighted by Crippen LogP contribution is -2.46. The number of hydrogen-bond acceptors (Lipinski definition) is 2. The Kier molecular flexibility index (Phi) is 4.74. The van der Waals surface area contributed by atoms with Crippen LogP contribution in [0.3, 0.4) is 0 Å². The zero-order chi connectivity index (χ0) is 17.3. The van der Waals surface area contributed by atoms with Crippen molar-refractivity contribution in [3.05, 3.63) is 64.2 Å². The number of piperazine rings is 1. The second kappa shape index (κ2) is 6.65. The Morgan fingerprint density at radius 3 is 2.46 bits per heavy atom. The maximum absolute atomic E-state index is 12.8. The van der Waals surface area contributed by atoms with Crippen LogP contribution in [0, 0.1) is 6.92 Å². The highest BCUT2D eigenvalue weighted by Crippen LogP contribution is 2.35. The van der Waals surface area contributed by atoms with Gasteiger partial charge < -0.3 is 10.2 Å². The van der Waals surface area contributed by atoms with E-state index < -0.39 is 11.7 Å². The third-order valence-electron chi connectivity index (χ3n) is 4.28. The van der Waals surface area contributed by atoms with Crippen LogP contribution in [0.5, 0.6) is 0 Å². The molecule has 1 N–H and O–H groups in total. The fourth-order valence-corrected chi connectivity index (χ4v) is 3.37. The molecule has 1 unspecified atom stereocenters. The van der Waals surface area contributed by atoms with Crippen molar-refractivity contribution in [2.24, 2.45) is 0 Å². The van der Waals surface area contributed by atoms with Crippen LogP contribution in [0.15, 0.2) is 42.5 Å². The molecule has 1 fully saturated rings. The molecule has 0 bridgehead atoms. The minimum atomic E-state index is -4.32. The second-order valence-corrected chi connectivity index (χ2v) is 6.40. The highest BCUT2D eigenvalue weighted by molar-refractivity contribution is 6.33. The minimum Gasteiger partial charge on any atom is -0.361 e. The van der Waals surface area contributed by atoms with E-state index in [9.17, 15) is 13.2 Å². The van der Waals surface area contributed by atoms with Crippen molar-refractivity contribution in [3.63, 3.8) is 0 Å². The van der Waals surface area contributed by atoms with Gasteiger partial charge in [0.2, 0.25) is 0 Å². The topological polar surface area (TPSA) is 15.3 Å². The molecule has 0 aromatic heterocycles. The fraction of sp³-hybridized carbons (Fsp3) is 0.333. The molecule has 1 aliphatic heterocycles. The van der Waals surface area contributed by atoms with E-state index in [-0.39, 0.29) is 6.04 Å². The molecule has 0 spiro atoms. The third-order valence-corrected chi connectivity index (χ3v) is 4.58. The Hall–Kier alpha value is -1.72. The molecular weight excluding hydrogens is 337 g/mol. The zero-order valence-corrected chi connectivity index (χ0v) is 14.0. The van der Waals surface area contributed by atoms with Gasteiger partial charge in [-0.2, -0.15) is 13.2 Å². The van der Waals surface area contributed by atoms with Gasteiger partial charge in [-0.1, -0.05) is 29.8 Å². The summed E-state index contributed by atoms with van der Waals surface area (Å²) in [7, 11) is 0. The summed E-state index contributed by atoms with van der Waals surface area (Å²) in [6, 6.07) is 11.2. The third kappa shape index (κ3) is 3.52. The molecule has 0 radical (unpaired) electrons. The summed E-state index contributed by atoms with van der Waals surface area (Å²) < 4.78 is 38.3. The molecule has 1 heterocycles. The van der Waals surface area contributed by atoms with E-state index in [0.717, 1.165) is 42.0 Å². The van der Waals surface area contributed by atoms with E-state index in [1.165, 1.54) is 0 Å². The van der Waals surface area contributed by atoms with E-state index in [0.29, 0.717) is 11.6 Å². The number of halogens is 4. The number of hydrogen-bond donors (Lipinski definition) is 1. The van der Waals surface area contributed by atoms with Gasteiger partial charge in [0, 0.05) is 19.6 Å². The SMILES string of the molecule is Cc1ccc(N2CCNCC2c2ccc(C(F)(F)F)cc2)c(Cl)c1. The van der Waals surface area contributed by atoms with Crippen molar-refractivity contribution < 1.29 is 13.2 Å². The molecule has 3 rings (SSSR count). The van der Waals surface area contributed by atoms with Crippen molar-refractivity contribution in [2.75, 3.05) is 24.5 Å². The second-order valence-electron chi connectivity index (χ2n) is 5.99. The number of alkyl halides is 3. The Morgan fingerprint density at radius 1 is 1.12 bits per heavy atom. The number of rotatable bonds is 2. The van der Waals surface area contributed by atoms with Crippen LogP contribution < -0.4 is 10.2 Å². The average molecular weight is 355 g/mol. The van der Waals surface area contributed by atoms with Crippen molar-refractivity contribution in [1.29, 1.82) is 0 Å². The number of anilines is 1. The summed E-state index contributed by atoms with van der Waals surface area (Å²) in [5, 5.41) is 3.96. The lowest BCUT2D eigenvalue weighted by Gasteiger charge is -2.39. The van der Waals surface area contributed by atoms with E-state index in [1.54, 1.807) is 12.1 Å². The molecular formula is C18H18ClF3N2. The first kappa shape index (κ1) is 17.1. The highest BCUT2D eigenvalue weighted by Gasteiger charge is 2.31. The highest BCUT2D eigenvalue weighted by atomic mass is 35.5. The molecule has 0 saturated carbocycles. The van der Waals surface area contributed by atoms with E-state index >= 15 is 0 Å². The van der Waals surface area contributed by atoms with Crippen LogP contribution in [0.1, 0.15) is 22.7 Å². The van der Waals surface area contributed by atoms with Gasteiger partial charge in [0.1, 0.15) is 0 Å². The van der Waals surface area contributed by atoms with Gasteiger partial charge >= 0.3 is 6.18 Å². The standard InChI is InChI=1S/C18H18ClF3N2/c1-12-2-7-16(15(19)10-12)24-9-8-23-11-17(24)13-3-5-14(6-4-13)18(20,21)22/h2-7,10,17,23H,8-9,11H2,1H3. The van der Waals surface area contributed by atoms with Crippen molar-refractivity contribution in [3.8, 4) is 0 Å². The molecule has 1 saturated heterocycles. The first-order valence-electron chi connectivity index (χ1n) is 7.77. The van der Waals surface area contributed by atoms with E-state index in [2.05, 4.69) is 10.2 Å². The molecule has 0 amide bonds. The largest absolute Gasteiger partial charge is 0.416 e. The number of aryl methyl sites for hydroxylation is 1. The molecule has 1 aliphatic rings. The summed E-state index contributed by atoms with van der Waals surface area (Å²) in [6.07, 6.45) is -4.32. The smallest absolute Gasteiger partial charge is 0.361 e. The van der Waals surface area contributed by atoms with Crippen LogP contribution >= 0.6 is 11.6 Å².